The van der Waals surface area contributed by atoms with Crippen molar-refractivity contribution in [2.24, 2.45) is 5.92 Å². The highest BCUT2D eigenvalue weighted by Crippen LogP contribution is 2.27. The molecule has 0 bridgehead atoms. The van der Waals surface area contributed by atoms with E-state index in [-0.39, 0.29) is 17.7 Å². The first kappa shape index (κ1) is 22.0. The molecule has 30 heavy (non-hydrogen) atoms. The van der Waals surface area contributed by atoms with Crippen molar-refractivity contribution in [3.63, 3.8) is 0 Å². The third-order valence-electron chi connectivity index (χ3n) is 5.95. The zero-order valence-electron chi connectivity index (χ0n) is 17.9. The van der Waals surface area contributed by atoms with E-state index < -0.39 is 6.04 Å². The number of aromatic nitrogens is 1. The summed E-state index contributed by atoms with van der Waals surface area (Å²) in [6.07, 6.45) is 9.80. The molecule has 1 heterocycles. The SMILES string of the molecule is CCc1ccc(C(=O)NC(C(=O)NCCCc2ccccn2)C2CCCCC2)cc1. The molecule has 2 amide bonds. The van der Waals surface area contributed by atoms with Crippen LogP contribution in [0.1, 0.15) is 67.1 Å². The van der Waals surface area contributed by atoms with Crippen molar-refractivity contribution < 1.29 is 9.59 Å². The molecule has 2 aromatic rings. The van der Waals surface area contributed by atoms with Crippen molar-refractivity contribution in [2.75, 3.05) is 6.54 Å². The Bertz CT molecular complexity index is 799. The molecule has 0 radical (unpaired) electrons. The summed E-state index contributed by atoms with van der Waals surface area (Å²) in [6, 6.07) is 13.0. The maximum Gasteiger partial charge on any atom is 0.251 e. The van der Waals surface area contributed by atoms with Gasteiger partial charge in [0, 0.05) is 24.0 Å². The lowest BCUT2D eigenvalue weighted by Crippen LogP contribution is -2.51. The van der Waals surface area contributed by atoms with E-state index in [4.69, 9.17) is 0 Å². The number of carbonyl (C=O) groups is 2. The van der Waals surface area contributed by atoms with Crippen LogP contribution in [-0.2, 0) is 17.6 Å². The number of pyridine rings is 1. The van der Waals surface area contributed by atoms with Gasteiger partial charge in [-0.1, -0.05) is 44.4 Å². The fourth-order valence-corrected chi connectivity index (χ4v) is 4.12. The lowest BCUT2D eigenvalue weighted by atomic mass is 9.83. The van der Waals surface area contributed by atoms with Gasteiger partial charge in [-0.3, -0.25) is 14.6 Å². The molecule has 3 rings (SSSR count). The minimum absolute atomic E-state index is 0.0681. The summed E-state index contributed by atoms with van der Waals surface area (Å²) in [5.41, 5.74) is 2.83. The van der Waals surface area contributed by atoms with Crippen LogP contribution in [0.4, 0.5) is 0 Å². The molecule has 0 spiro atoms. The zero-order chi connectivity index (χ0) is 21.2. The molecule has 1 fully saturated rings. The molecule has 1 aromatic carbocycles. The lowest BCUT2D eigenvalue weighted by molar-refractivity contribution is -0.124. The van der Waals surface area contributed by atoms with E-state index in [1.54, 1.807) is 6.20 Å². The summed E-state index contributed by atoms with van der Waals surface area (Å²) in [5, 5.41) is 6.08. The molecule has 5 nitrogen and oxygen atoms in total. The summed E-state index contributed by atoms with van der Waals surface area (Å²) >= 11 is 0. The largest absolute Gasteiger partial charge is 0.354 e. The first-order valence-electron chi connectivity index (χ1n) is 11.2. The van der Waals surface area contributed by atoms with Gasteiger partial charge in [0.15, 0.2) is 0 Å². The fraction of sp³-hybridized carbons (Fsp3) is 0.480. The van der Waals surface area contributed by atoms with Crippen LogP contribution in [0.2, 0.25) is 0 Å². The number of nitrogens with one attached hydrogen (secondary N) is 2. The summed E-state index contributed by atoms with van der Waals surface area (Å²) < 4.78 is 0. The van der Waals surface area contributed by atoms with Crippen molar-refractivity contribution in [2.45, 2.75) is 64.3 Å². The Morgan fingerprint density at radius 3 is 2.50 bits per heavy atom. The Kier molecular flexibility index (Phi) is 8.42. The smallest absolute Gasteiger partial charge is 0.251 e. The van der Waals surface area contributed by atoms with E-state index in [2.05, 4.69) is 22.5 Å². The number of hydrogen-bond acceptors (Lipinski definition) is 3. The Morgan fingerprint density at radius 2 is 1.83 bits per heavy atom. The van der Waals surface area contributed by atoms with Crippen molar-refractivity contribution in [3.8, 4) is 0 Å². The number of rotatable bonds is 9. The number of aryl methyl sites for hydroxylation is 2. The van der Waals surface area contributed by atoms with Gasteiger partial charge in [-0.05, 0) is 67.9 Å². The van der Waals surface area contributed by atoms with Crippen LogP contribution in [0.5, 0.6) is 0 Å². The Morgan fingerprint density at radius 1 is 1.07 bits per heavy atom. The van der Waals surface area contributed by atoms with Gasteiger partial charge in [0.1, 0.15) is 6.04 Å². The van der Waals surface area contributed by atoms with Gasteiger partial charge < -0.3 is 10.6 Å². The first-order chi connectivity index (χ1) is 14.7. The van der Waals surface area contributed by atoms with Crippen LogP contribution in [0.25, 0.3) is 0 Å². The summed E-state index contributed by atoms with van der Waals surface area (Å²) in [7, 11) is 0. The fourth-order valence-electron chi connectivity index (χ4n) is 4.12. The van der Waals surface area contributed by atoms with Crippen molar-refractivity contribution >= 4 is 11.8 Å². The highest BCUT2D eigenvalue weighted by molar-refractivity contribution is 5.97. The van der Waals surface area contributed by atoms with Crippen molar-refractivity contribution in [1.29, 1.82) is 0 Å². The Labute approximate surface area is 179 Å². The van der Waals surface area contributed by atoms with Gasteiger partial charge in [-0.25, -0.2) is 0 Å². The number of benzene rings is 1. The Balaban J connectivity index is 1.57. The van der Waals surface area contributed by atoms with E-state index in [0.29, 0.717) is 12.1 Å². The third-order valence-corrected chi connectivity index (χ3v) is 5.95. The van der Waals surface area contributed by atoms with E-state index >= 15 is 0 Å². The van der Waals surface area contributed by atoms with Crippen LogP contribution in [-0.4, -0.2) is 29.4 Å². The normalized spacial score (nSPS) is 15.4. The van der Waals surface area contributed by atoms with Crippen LogP contribution in [0, 0.1) is 5.92 Å². The van der Waals surface area contributed by atoms with Gasteiger partial charge in [-0.2, -0.15) is 0 Å². The summed E-state index contributed by atoms with van der Waals surface area (Å²) in [5.74, 6) is -0.0354. The molecule has 5 heteroatoms. The molecule has 1 unspecified atom stereocenters. The predicted octanol–water partition coefficient (Wildman–Crippen LogP) is 4.07. The zero-order valence-corrected chi connectivity index (χ0v) is 17.9. The molecule has 0 aliphatic heterocycles. The highest BCUT2D eigenvalue weighted by atomic mass is 16.2. The quantitative estimate of drug-likeness (QED) is 0.616. The monoisotopic (exact) mass is 407 g/mol. The molecule has 1 atom stereocenters. The van der Waals surface area contributed by atoms with Gasteiger partial charge in [0.2, 0.25) is 5.91 Å². The average Bonchev–Trinajstić information content (AvgIpc) is 2.81. The van der Waals surface area contributed by atoms with Gasteiger partial charge in [0.25, 0.3) is 5.91 Å². The van der Waals surface area contributed by atoms with Crippen molar-refractivity contribution in [3.05, 3.63) is 65.5 Å². The van der Waals surface area contributed by atoms with Crippen molar-refractivity contribution in [1.82, 2.24) is 15.6 Å². The predicted molar refractivity (Wildman–Crippen MR) is 119 cm³/mol. The van der Waals surface area contributed by atoms with E-state index in [1.165, 1.54) is 12.0 Å². The van der Waals surface area contributed by atoms with Crippen LogP contribution in [0.15, 0.2) is 48.7 Å². The van der Waals surface area contributed by atoms with Gasteiger partial charge in [0.05, 0.1) is 0 Å². The topological polar surface area (TPSA) is 71.1 Å². The average molecular weight is 408 g/mol. The molecule has 1 aromatic heterocycles. The number of hydrogen-bond donors (Lipinski definition) is 2. The second-order valence-corrected chi connectivity index (χ2v) is 8.12. The molecular formula is C25H33N3O2. The van der Waals surface area contributed by atoms with Crippen LogP contribution < -0.4 is 10.6 Å². The van der Waals surface area contributed by atoms with Gasteiger partial charge in [-0.15, -0.1) is 0 Å². The molecule has 2 N–H and O–H groups in total. The summed E-state index contributed by atoms with van der Waals surface area (Å²) in [4.78, 5) is 30.1. The lowest BCUT2D eigenvalue weighted by Gasteiger charge is -2.30. The molecular weight excluding hydrogens is 374 g/mol. The molecule has 1 aliphatic carbocycles. The molecule has 0 saturated heterocycles. The molecule has 1 aliphatic rings. The minimum Gasteiger partial charge on any atom is -0.354 e. The van der Waals surface area contributed by atoms with Crippen LogP contribution in [0.3, 0.4) is 0 Å². The molecule has 1 saturated carbocycles. The second-order valence-electron chi connectivity index (χ2n) is 8.12. The first-order valence-corrected chi connectivity index (χ1v) is 11.2. The van der Waals surface area contributed by atoms with Gasteiger partial charge >= 0.3 is 0 Å². The van der Waals surface area contributed by atoms with E-state index in [9.17, 15) is 9.59 Å². The maximum atomic E-state index is 13.0. The number of carbonyl (C=O) groups excluding carboxylic acids is 2. The number of nitrogens with zero attached hydrogens (tertiary/aromatic N) is 1. The molecule has 160 valence electrons. The van der Waals surface area contributed by atoms with E-state index in [0.717, 1.165) is 50.6 Å². The van der Waals surface area contributed by atoms with E-state index in [1.807, 2.05) is 42.5 Å². The highest BCUT2D eigenvalue weighted by Gasteiger charge is 2.31. The maximum absolute atomic E-state index is 13.0. The second kappa shape index (κ2) is 11.5. The standard InChI is InChI=1S/C25H33N3O2/c1-2-19-13-15-21(16-14-19)24(29)28-23(20-9-4-3-5-10-20)25(30)27-18-8-12-22-11-6-7-17-26-22/h6-7,11,13-17,20,23H,2-5,8-10,12,18H2,1H3,(H,27,30)(H,28,29). The number of amides is 2. The third kappa shape index (κ3) is 6.41. The minimum atomic E-state index is -0.474. The summed E-state index contributed by atoms with van der Waals surface area (Å²) in [6.45, 7) is 2.67. The Hall–Kier alpha value is -2.69. The van der Waals surface area contributed by atoms with Crippen LogP contribution >= 0.6 is 0 Å².